The second kappa shape index (κ2) is 8.67. The number of ether oxygens (including phenoxy) is 1. The average molecular weight is 452 g/mol. The number of benzene rings is 1. The first-order valence-electron chi connectivity index (χ1n) is 12.4. The van der Waals surface area contributed by atoms with Crippen LogP contribution in [0.1, 0.15) is 64.1 Å². The highest BCUT2D eigenvalue weighted by atomic mass is 16.6. The van der Waals surface area contributed by atoms with E-state index >= 15 is 0 Å². The summed E-state index contributed by atoms with van der Waals surface area (Å²) in [5.74, 6) is 1.23. The van der Waals surface area contributed by atoms with Crippen LogP contribution in [-0.2, 0) is 4.74 Å². The number of rotatable bonds is 5. The molecule has 1 amide bonds. The first-order chi connectivity index (χ1) is 15.8. The fourth-order valence-electron chi connectivity index (χ4n) is 5.00. The van der Waals surface area contributed by atoms with Crippen molar-refractivity contribution in [2.75, 3.05) is 37.6 Å². The van der Waals surface area contributed by atoms with Gasteiger partial charge in [0.25, 0.3) is 0 Å². The number of anilines is 1. The van der Waals surface area contributed by atoms with Crippen LogP contribution in [0, 0.1) is 5.92 Å². The number of amides is 1. The molecule has 0 radical (unpaired) electrons. The smallest absolute Gasteiger partial charge is 0.410 e. The number of nitrogens with zero attached hydrogens (tertiary/aromatic N) is 4. The Balaban J connectivity index is 1.35. The molecule has 3 aliphatic rings. The Morgan fingerprint density at radius 3 is 2.42 bits per heavy atom. The zero-order valence-corrected chi connectivity index (χ0v) is 20.2. The lowest BCUT2D eigenvalue weighted by Crippen LogP contribution is -2.50. The van der Waals surface area contributed by atoms with E-state index in [1.165, 1.54) is 35.3 Å². The van der Waals surface area contributed by atoms with Crippen LogP contribution < -0.4 is 10.6 Å². The summed E-state index contributed by atoms with van der Waals surface area (Å²) in [6.07, 6.45) is 6.80. The Morgan fingerprint density at radius 1 is 1.09 bits per heavy atom. The number of nitrogens with two attached hydrogens (primary N) is 1. The number of piperazine rings is 1. The lowest BCUT2D eigenvalue weighted by atomic mass is 9.80. The quantitative estimate of drug-likeness (QED) is 0.729. The minimum atomic E-state index is -0.467. The van der Waals surface area contributed by atoms with Gasteiger partial charge in [-0.3, -0.25) is 4.68 Å². The van der Waals surface area contributed by atoms with Crippen LogP contribution in [0.2, 0.25) is 0 Å². The maximum atomic E-state index is 12.5. The first-order valence-corrected chi connectivity index (χ1v) is 12.4. The van der Waals surface area contributed by atoms with Crippen molar-refractivity contribution >= 4 is 11.8 Å². The minimum absolute atomic E-state index is 0.219. The highest BCUT2D eigenvalue weighted by molar-refractivity contribution is 5.80. The molecule has 2 heterocycles. The van der Waals surface area contributed by atoms with E-state index in [-0.39, 0.29) is 6.09 Å². The Hall–Kier alpha value is -2.54. The van der Waals surface area contributed by atoms with Crippen molar-refractivity contribution in [2.24, 2.45) is 11.7 Å². The van der Waals surface area contributed by atoms with Crippen molar-refractivity contribution in [1.82, 2.24) is 14.7 Å². The number of carbonyl (C=O) groups excluding carboxylic acids is 1. The Kier molecular flexibility index (Phi) is 5.85. The number of carbonyl (C=O) groups is 1. The van der Waals surface area contributed by atoms with Crippen molar-refractivity contribution in [3.05, 3.63) is 36.2 Å². The van der Waals surface area contributed by atoms with E-state index in [0.29, 0.717) is 31.0 Å². The normalized spacial score (nSPS) is 23.4. The molecular formula is C26H37N5O2. The SMILES string of the molecule is CC(C)(C)OC(=O)N1CCN(c2ccccc2-c2cn(C3CC(CN)C3)nc2C2CC2)CC1. The van der Waals surface area contributed by atoms with Crippen molar-refractivity contribution < 1.29 is 9.53 Å². The van der Waals surface area contributed by atoms with Gasteiger partial charge in [-0.1, -0.05) is 18.2 Å². The molecule has 1 aromatic carbocycles. The van der Waals surface area contributed by atoms with E-state index in [4.69, 9.17) is 15.6 Å². The third-order valence-corrected chi connectivity index (χ3v) is 7.11. The van der Waals surface area contributed by atoms with Crippen molar-refractivity contribution in [3.8, 4) is 11.1 Å². The standard InChI is InChI=1S/C26H37N5O2/c1-26(2,3)33-25(32)30-12-10-29(11-13-30)23-7-5-4-6-21(23)22-17-31(20-14-18(15-20)16-27)28-24(22)19-8-9-19/h4-7,17-20H,8-16,27H2,1-3H3. The van der Waals surface area contributed by atoms with Crippen LogP contribution in [0.3, 0.4) is 0 Å². The second-order valence-electron chi connectivity index (χ2n) is 10.9. The van der Waals surface area contributed by atoms with Gasteiger partial charge in [0.1, 0.15) is 5.60 Å². The highest BCUT2D eigenvalue weighted by Crippen LogP contribution is 2.47. The fraction of sp³-hybridized carbons (Fsp3) is 0.615. The fourth-order valence-corrected chi connectivity index (χ4v) is 5.00. The van der Waals surface area contributed by atoms with Gasteiger partial charge in [0.2, 0.25) is 0 Å². The Labute approximate surface area is 196 Å². The molecule has 7 heteroatoms. The van der Waals surface area contributed by atoms with Gasteiger partial charge >= 0.3 is 6.09 Å². The summed E-state index contributed by atoms with van der Waals surface area (Å²) in [5.41, 5.74) is 10.4. The van der Waals surface area contributed by atoms with Gasteiger partial charge in [-0.2, -0.15) is 5.10 Å². The molecule has 1 aliphatic heterocycles. The molecule has 33 heavy (non-hydrogen) atoms. The van der Waals surface area contributed by atoms with E-state index in [2.05, 4.69) is 40.0 Å². The highest BCUT2D eigenvalue weighted by Gasteiger charge is 2.35. The predicted molar refractivity (Wildman–Crippen MR) is 130 cm³/mol. The zero-order chi connectivity index (χ0) is 23.2. The van der Waals surface area contributed by atoms with Crippen LogP contribution >= 0.6 is 0 Å². The maximum absolute atomic E-state index is 12.5. The molecule has 0 bridgehead atoms. The molecule has 1 aromatic heterocycles. The molecule has 0 unspecified atom stereocenters. The molecule has 5 rings (SSSR count). The van der Waals surface area contributed by atoms with Crippen LogP contribution in [0.15, 0.2) is 30.5 Å². The summed E-state index contributed by atoms with van der Waals surface area (Å²) < 4.78 is 7.78. The van der Waals surface area contributed by atoms with Crippen LogP contribution in [0.4, 0.5) is 10.5 Å². The summed E-state index contributed by atoms with van der Waals surface area (Å²) in [7, 11) is 0. The van der Waals surface area contributed by atoms with Gasteiger partial charge in [-0.25, -0.2) is 4.79 Å². The van der Waals surface area contributed by atoms with E-state index < -0.39 is 5.60 Å². The second-order valence-corrected chi connectivity index (χ2v) is 10.9. The predicted octanol–water partition coefficient (Wildman–Crippen LogP) is 4.39. The summed E-state index contributed by atoms with van der Waals surface area (Å²) in [6.45, 7) is 9.44. The molecular weight excluding hydrogens is 414 g/mol. The van der Waals surface area contributed by atoms with Gasteiger partial charge in [0.15, 0.2) is 0 Å². The molecule has 2 N–H and O–H groups in total. The topological polar surface area (TPSA) is 76.6 Å². The number of para-hydroxylation sites is 1. The van der Waals surface area contributed by atoms with E-state index in [0.717, 1.165) is 32.5 Å². The van der Waals surface area contributed by atoms with Gasteiger partial charge in [0.05, 0.1) is 11.7 Å². The molecule has 0 spiro atoms. The van der Waals surface area contributed by atoms with E-state index in [9.17, 15) is 4.79 Å². The lowest BCUT2D eigenvalue weighted by Gasteiger charge is -2.37. The van der Waals surface area contributed by atoms with Crippen LogP contribution in [0.25, 0.3) is 11.1 Å². The van der Waals surface area contributed by atoms with Gasteiger partial charge in [-0.05, 0) is 65.0 Å². The third kappa shape index (κ3) is 4.74. The Bertz CT molecular complexity index is 992. The molecule has 1 saturated heterocycles. The Morgan fingerprint density at radius 2 is 1.79 bits per heavy atom. The van der Waals surface area contributed by atoms with E-state index in [1.54, 1.807) is 0 Å². The summed E-state index contributed by atoms with van der Waals surface area (Å²) in [5, 5.41) is 5.08. The molecule has 2 aromatic rings. The summed E-state index contributed by atoms with van der Waals surface area (Å²) in [4.78, 5) is 16.7. The molecule has 2 saturated carbocycles. The van der Waals surface area contributed by atoms with Gasteiger partial charge in [0, 0.05) is 55.1 Å². The van der Waals surface area contributed by atoms with Crippen molar-refractivity contribution in [3.63, 3.8) is 0 Å². The zero-order valence-electron chi connectivity index (χ0n) is 20.2. The first kappa shape index (κ1) is 22.3. The number of aromatic nitrogens is 2. The molecule has 2 aliphatic carbocycles. The molecule has 3 fully saturated rings. The van der Waals surface area contributed by atoms with Crippen molar-refractivity contribution in [1.29, 1.82) is 0 Å². The largest absolute Gasteiger partial charge is 0.444 e. The lowest BCUT2D eigenvalue weighted by molar-refractivity contribution is 0.0240. The summed E-state index contributed by atoms with van der Waals surface area (Å²) in [6, 6.07) is 9.15. The maximum Gasteiger partial charge on any atom is 0.410 e. The number of hydrogen-bond acceptors (Lipinski definition) is 5. The average Bonchev–Trinajstić information content (AvgIpc) is 3.51. The van der Waals surface area contributed by atoms with Crippen LogP contribution in [0.5, 0.6) is 0 Å². The van der Waals surface area contributed by atoms with Gasteiger partial charge in [-0.15, -0.1) is 0 Å². The molecule has 0 atom stereocenters. The number of hydrogen-bond donors (Lipinski definition) is 1. The van der Waals surface area contributed by atoms with Gasteiger partial charge < -0.3 is 20.3 Å². The third-order valence-electron chi connectivity index (χ3n) is 7.11. The summed E-state index contributed by atoms with van der Waals surface area (Å²) >= 11 is 0. The minimum Gasteiger partial charge on any atom is -0.444 e. The van der Waals surface area contributed by atoms with Crippen LogP contribution in [-0.4, -0.2) is 59.1 Å². The molecule has 178 valence electrons. The van der Waals surface area contributed by atoms with Crippen molar-refractivity contribution in [2.45, 2.75) is 64.0 Å². The van der Waals surface area contributed by atoms with E-state index in [1.807, 2.05) is 25.7 Å². The monoisotopic (exact) mass is 451 g/mol. The molecule has 7 nitrogen and oxygen atoms in total.